The van der Waals surface area contributed by atoms with Crippen molar-refractivity contribution in [3.8, 4) is 0 Å². The van der Waals surface area contributed by atoms with Gasteiger partial charge in [0.05, 0.1) is 0 Å². The van der Waals surface area contributed by atoms with Crippen LogP contribution in [0.2, 0.25) is 0 Å². The Balaban J connectivity index is 1.66. The van der Waals surface area contributed by atoms with Crippen molar-refractivity contribution in [1.29, 1.82) is 0 Å². The number of nitrogens with one attached hydrogen (secondary N) is 2. The van der Waals surface area contributed by atoms with E-state index in [4.69, 9.17) is 0 Å². The van der Waals surface area contributed by atoms with Gasteiger partial charge in [0.1, 0.15) is 0 Å². The summed E-state index contributed by atoms with van der Waals surface area (Å²) in [6, 6.07) is 8.44. The molecular weight excluding hydrogens is 274 g/mol. The molecule has 1 aliphatic heterocycles. The topological polar surface area (TPSA) is 48.1 Å². The fraction of sp³-hybridized carbons (Fsp3) is 0.500. The van der Waals surface area contributed by atoms with Gasteiger partial charge in [-0.3, -0.25) is 0 Å². The second kappa shape index (κ2) is 5.67. The summed E-state index contributed by atoms with van der Waals surface area (Å²) >= 11 is 0. The van der Waals surface area contributed by atoms with E-state index in [2.05, 4.69) is 55.5 Å². The largest absolute Gasteiger partial charge is 0.361 e. The average Bonchev–Trinajstić information content (AvgIpc) is 3.10. The smallest absolute Gasteiger partial charge is 0.317 e. The molecule has 22 heavy (non-hydrogen) atoms. The van der Waals surface area contributed by atoms with E-state index in [9.17, 15) is 4.79 Å². The number of aromatic nitrogens is 1. The van der Waals surface area contributed by atoms with Crippen LogP contribution in [-0.2, 0) is 0 Å². The highest BCUT2D eigenvalue weighted by atomic mass is 16.2. The normalized spacial score (nSPS) is 18.9. The Labute approximate surface area is 131 Å². The molecule has 0 spiro atoms. The molecule has 2 amide bonds. The van der Waals surface area contributed by atoms with Crippen LogP contribution < -0.4 is 5.32 Å². The van der Waals surface area contributed by atoms with Gasteiger partial charge in [-0.1, -0.05) is 39.0 Å². The molecule has 1 saturated heterocycles. The van der Waals surface area contributed by atoms with E-state index < -0.39 is 0 Å². The molecule has 0 aliphatic carbocycles. The standard InChI is InChI=1S/C18H25N3O/c1-18(2,3)12-20-17(22)21-9-8-13(11-21)15-10-19-16-7-5-4-6-14(15)16/h4-7,10,13,19H,8-9,11-12H2,1-3H3,(H,20,22). The van der Waals surface area contributed by atoms with E-state index in [1.165, 1.54) is 16.5 Å². The van der Waals surface area contributed by atoms with Crippen LogP contribution in [0, 0.1) is 5.41 Å². The molecule has 2 heterocycles. The van der Waals surface area contributed by atoms with E-state index in [1.807, 2.05) is 11.0 Å². The van der Waals surface area contributed by atoms with Crippen molar-refractivity contribution in [3.63, 3.8) is 0 Å². The van der Waals surface area contributed by atoms with Crippen molar-refractivity contribution in [2.24, 2.45) is 5.41 Å². The predicted molar refractivity (Wildman–Crippen MR) is 90.1 cm³/mol. The molecule has 1 atom stereocenters. The maximum Gasteiger partial charge on any atom is 0.317 e. The number of carbonyl (C=O) groups is 1. The zero-order valence-corrected chi connectivity index (χ0v) is 13.6. The van der Waals surface area contributed by atoms with Crippen LogP contribution >= 0.6 is 0 Å². The second-order valence-electron chi connectivity index (χ2n) is 7.44. The minimum Gasteiger partial charge on any atom is -0.361 e. The number of urea groups is 1. The number of nitrogens with zero attached hydrogens (tertiary/aromatic N) is 1. The third-order valence-corrected chi connectivity index (χ3v) is 4.31. The van der Waals surface area contributed by atoms with Gasteiger partial charge in [-0.15, -0.1) is 0 Å². The summed E-state index contributed by atoms with van der Waals surface area (Å²) in [5.41, 5.74) is 2.63. The van der Waals surface area contributed by atoms with Crippen LogP contribution in [0.15, 0.2) is 30.5 Å². The summed E-state index contributed by atoms with van der Waals surface area (Å²) in [6.07, 6.45) is 3.14. The molecule has 1 aromatic heterocycles. The Bertz CT molecular complexity index is 668. The lowest BCUT2D eigenvalue weighted by Gasteiger charge is -2.22. The minimum atomic E-state index is 0.0669. The summed E-state index contributed by atoms with van der Waals surface area (Å²) in [5, 5.41) is 4.33. The number of hydrogen-bond donors (Lipinski definition) is 2. The highest BCUT2D eigenvalue weighted by Crippen LogP contribution is 2.32. The molecule has 0 saturated carbocycles. The predicted octanol–water partition coefficient (Wildman–Crippen LogP) is 3.71. The number of para-hydroxylation sites is 1. The van der Waals surface area contributed by atoms with Crippen molar-refractivity contribution in [2.45, 2.75) is 33.1 Å². The summed E-state index contributed by atoms with van der Waals surface area (Å²) < 4.78 is 0. The summed E-state index contributed by atoms with van der Waals surface area (Å²) in [5.74, 6) is 0.427. The SMILES string of the molecule is CC(C)(C)CNC(=O)N1CCC(c2c[nH]c3ccccc23)C1. The van der Waals surface area contributed by atoms with Crippen LogP contribution in [0.5, 0.6) is 0 Å². The van der Waals surface area contributed by atoms with E-state index >= 15 is 0 Å². The van der Waals surface area contributed by atoms with Crippen LogP contribution in [0.3, 0.4) is 0 Å². The monoisotopic (exact) mass is 299 g/mol. The van der Waals surface area contributed by atoms with Gasteiger partial charge in [-0.25, -0.2) is 4.79 Å². The van der Waals surface area contributed by atoms with Crippen molar-refractivity contribution in [2.75, 3.05) is 19.6 Å². The molecule has 4 heteroatoms. The zero-order valence-electron chi connectivity index (χ0n) is 13.6. The first-order valence-electron chi connectivity index (χ1n) is 8.03. The molecule has 1 aromatic carbocycles. The zero-order chi connectivity index (χ0) is 15.7. The number of rotatable bonds is 2. The van der Waals surface area contributed by atoms with Gasteiger partial charge in [0.2, 0.25) is 0 Å². The number of fused-ring (bicyclic) bond motifs is 1. The number of carbonyl (C=O) groups excluding carboxylic acids is 1. The number of aromatic amines is 1. The highest BCUT2D eigenvalue weighted by Gasteiger charge is 2.29. The first-order chi connectivity index (χ1) is 10.4. The van der Waals surface area contributed by atoms with E-state index in [0.717, 1.165) is 19.5 Å². The van der Waals surface area contributed by atoms with Crippen LogP contribution in [0.25, 0.3) is 10.9 Å². The molecule has 1 fully saturated rings. The molecule has 2 N–H and O–H groups in total. The maximum atomic E-state index is 12.3. The number of likely N-dealkylation sites (tertiary alicyclic amines) is 1. The van der Waals surface area contributed by atoms with Crippen LogP contribution in [0.1, 0.15) is 38.7 Å². The second-order valence-corrected chi connectivity index (χ2v) is 7.44. The first-order valence-corrected chi connectivity index (χ1v) is 8.03. The molecule has 2 aromatic rings. The van der Waals surface area contributed by atoms with Gasteiger partial charge in [-0.05, 0) is 23.5 Å². The molecule has 4 nitrogen and oxygen atoms in total. The fourth-order valence-electron chi connectivity index (χ4n) is 3.08. The van der Waals surface area contributed by atoms with Crippen molar-refractivity contribution in [3.05, 3.63) is 36.0 Å². The highest BCUT2D eigenvalue weighted by molar-refractivity contribution is 5.84. The molecule has 1 unspecified atom stereocenters. The molecule has 0 radical (unpaired) electrons. The minimum absolute atomic E-state index is 0.0669. The van der Waals surface area contributed by atoms with Gasteiger partial charge in [0.15, 0.2) is 0 Å². The molecule has 118 valence electrons. The Morgan fingerprint density at radius 3 is 2.91 bits per heavy atom. The van der Waals surface area contributed by atoms with Gasteiger partial charge in [0.25, 0.3) is 0 Å². The van der Waals surface area contributed by atoms with Gasteiger partial charge in [0, 0.05) is 42.7 Å². The molecule has 0 bridgehead atoms. The summed E-state index contributed by atoms with van der Waals surface area (Å²) in [6.45, 7) is 8.74. The lowest BCUT2D eigenvalue weighted by molar-refractivity contribution is 0.203. The van der Waals surface area contributed by atoms with Crippen LogP contribution in [-0.4, -0.2) is 35.5 Å². The van der Waals surface area contributed by atoms with Crippen molar-refractivity contribution < 1.29 is 4.79 Å². The molecule has 3 rings (SSSR count). The van der Waals surface area contributed by atoms with E-state index in [-0.39, 0.29) is 11.4 Å². The van der Waals surface area contributed by atoms with Gasteiger partial charge >= 0.3 is 6.03 Å². The Morgan fingerprint density at radius 2 is 2.14 bits per heavy atom. The van der Waals surface area contributed by atoms with Gasteiger partial charge < -0.3 is 15.2 Å². The lowest BCUT2D eigenvalue weighted by atomic mass is 9.97. The van der Waals surface area contributed by atoms with Crippen molar-refractivity contribution in [1.82, 2.24) is 15.2 Å². The fourth-order valence-corrected chi connectivity index (χ4v) is 3.08. The van der Waals surface area contributed by atoms with Crippen LogP contribution in [0.4, 0.5) is 4.79 Å². The third kappa shape index (κ3) is 3.11. The van der Waals surface area contributed by atoms with Gasteiger partial charge in [-0.2, -0.15) is 0 Å². The quantitative estimate of drug-likeness (QED) is 0.872. The lowest BCUT2D eigenvalue weighted by Crippen LogP contribution is -2.41. The number of benzene rings is 1. The van der Waals surface area contributed by atoms with Crippen molar-refractivity contribution >= 4 is 16.9 Å². The Kier molecular flexibility index (Phi) is 3.85. The molecular formula is C18H25N3O. The van der Waals surface area contributed by atoms with E-state index in [1.54, 1.807) is 0 Å². The number of H-pyrrole nitrogens is 1. The summed E-state index contributed by atoms with van der Waals surface area (Å²) in [7, 11) is 0. The Hall–Kier alpha value is -1.97. The summed E-state index contributed by atoms with van der Waals surface area (Å²) in [4.78, 5) is 17.6. The third-order valence-electron chi connectivity index (χ3n) is 4.31. The van der Waals surface area contributed by atoms with E-state index in [0.29, 0.717) is 12.5 Å². The maximum absolute atomic E-state index is 12.3. The number of hydrogen-bond acceptors (Lipinski definition) is 1. The Morgan fingerprint density at radius 1 is 1.36 bits per heavy atom. The molecule has 1 aliphatic rings. The number of amides is 2. The first kappa shape index (κ1) is 14.9. The average molecular weight is 299 g/mol.